The Bertz CT molecular complexity index is 251. The lowest BCUT2D eigenvalue weighted by Gasteiger charge is -2.41. The molecule has 1 aliphatic carbocycles. The Morgan fingerprint density at radius 3 is 2.87 bits per heavy atom. The van der Waals surface area contributed by atoms with E-state index in [4.69, 9.17) is 0 Å². The third-order valence-electron chi connectivity index (χ3n) is 4.55. The van der Waals surface area contributed by atoms with Gasteiger partial charge in [-0.15, -0.1) is 0 Å². The highest BCUT2D eigenvalue weighted by Gasteiger charge is 2.47. The number of rotatable bonds is 2. The fourth-order valence-corrected chi connectivity index (χ4v) is 3.72. The van der Waals surface area contributed by atoms with E-state index in [1.807, 2.05) is 0 Å². The molecule has 15 heavy (non-hydrogen) atoms. The van der Waals surface area contributed by atoms with Gasteiger partial charge in [-0.25, -0.2) is 0 Å². The van der Waals surface area contributed by atoms with Crippen molar-refractivity contribution in [2.24, 2.45) is 11.3 Å². The van der Waals surface area contributed by atoms with Crippen molar-refractivity contribution < 1.29 is 4.79 Å². The summed E-state index contributed by atoms with van der Waals surface area (Å²) in [6.45, 7) is 4.49. The van der Waals surface area contributed by atoms with Crippen molar-refractivity contribution in [3.63, 3.8) is 0 Å². The summed E-state index contributed by atoms with van der Waals surface area (Å²) in [7, 11) is 0. The zero-order valence-corrected chi connectivity index (χ0v) is 10.0. The van der Waals surface area contributed by atoms with Crippen molar-refractivity contribution in [2.75, 3.05) is 0 Å². The van der Waals surface area contributed by atoms with Gasteiger partial charge in [-0.1, -0.05) is 33.1 Å². The predicted molar refractivity (Wildman–Crippen MR) is 61.5 cm³/mol. The van der Waals surface area contributed by atoms with Gasteiger partial charge >= 0.3 is 0 Å². The Morgan fingerprint density at radius 2 is 2.20 bits per heavy atom. The lowest BCUT2D eigenvalue weighted by molar-refractivity contribution is -0.120. The minimum Gasteiger partial charge on any atom is -0.353 e. The number of carbonyl (C=O) groups is 1. The van der Waals surface area contributed by atoms with Gasteiger partial charge in [-0.3, -0.25) is 4.79 Å². The summed E-state index contributed by atoms with van der Waals surface area (Å²) in [5.41, 5.74) is 0.324. The van der Waals surface area contributed by atoms with E-state index in [9.17, 15) is 4.79 Å². The summed E-state index contributed by atoms with van der Waals surface area (Å²) in [6, 6.07) is 0.458. The van der Waals surface area contributed by atoms with Crippen molar-refractivity contribution in [2.45, 2.75) is 64.8 Å². The molecule has 1 heterocycles. The molecular formula is C13H23NO. The maximum absolute atomic E-state index is 11.6. The minimum absolute atomic E-state index is 0.290. The Balaban J connectivity index is 2.13. The maximum atomic E-state index is 11.6. The summed E-state index contributed by atoms with van der Waals surface area (Å²) < 4.78 is 0. The molecule has 2 fully saturated rings. The van der Waals surface area contributed by atoms with E-state index in [0.717, 1.165) is 18.8 Å². The van der Waals surface area contributed by atoms with Crippen LogP contribution >= 0.6 is 0 Å². The third kappa shape index (κ3) is 1.91. The SMILES string of the molecule is CCC1CCCC2(CC(=O)NC2CC)C1. The molecule has 0 radical (unpaired) electrons. The molecular weight excluding hydrogens is 186 g/mol. The van der Waals surface area contributed by atoms with Crippen LogP contribution in [0, 0.1) is 11.3 Å². The predicted octanol–water partition coefficient (Wildman–Crippen LogP) is 2.87. The van der Waals surface area contributed by atoms with Crippen LogP contribution in [-0.4, -0.2) is 11.9 Å². The quantitative estimate of drug-likeness (QED) is 0.744. The summed E-state index contributed by atoms with van der Waals surface area (Å²) in [5, 5.41) is 3.17. The molecule has 0 aromatic carbocycles. The summed E-state index contributed by atoms with van der Waals surface area (Å²) in [6.07, 6.45) is 8.42. The number of hydrogen-bond acceptors (Lipinski definition) is 1. The third-order valence-corrected chi connectivity index (χ3v) is 4.55. The van der Waals surface area contributed by atoms with E-state index in [0.29, 0.717) is 17.4 Å². The van der Waals surface area contributed by atoms with Crippen LogP contribution in [0.25, 0.3) is 0 Å². The highest BCUT2D eigenvalue weighted by Crippen LogP contribution is 2.48. The summed E-state index contributed by atoms with van der Waals surface area (Å²) in [4.78, 5) is 11.6. The van der Waals surface area contributed by atoms with E-state index in [-0.39, 0.29) is 0 Å². The second-order valence-electron chi connectivity index (χ2n) is 5.44. The fraction of sp³-hybridized carbons (Fsp3) is 0.923. The van der Waals surface area contributed by atoms with Crippen molar-refractivity contribution in [3.05, 3.63) is 0 Å². The van der Waals surface area contributed by atoms with Crippen LogP contribution in [-0.2, 0) is 4.79 Å². The first-order chi connectivity index (χ1) is 7.20. The highest BCUT2D eigenvalue weighted by atomic mass is 16.2. The average Bonchev–Trinajstić information content (AvgIpc) is 2.54. The van der Waals surface area contributed by atoms with E-state index in [1.165, 1.54) is 32.1 Å². The van der Waals surface area contributed by atoms with Crippen LogP contribution in [0.1, 0.15) is 58.8 Å². The molecule has 1 saturated carbocycles. The minimum atomic E-state index is 0.290. The van der Waals surface area contributed by atoms with Gasteiger partial charge < -0.3 is 5.32 Å². The normalized spacial score (nSPS) is 40.8. The van der Waals surface area contributed by atoms with Gasteiger partial charge in [0, 0.05) is 12.5 Å². The molecule has 1 spiro atoms. The van der Waals surface area contributed by atoms with Gasteiger partial charge in [-0.05, 0) is 30.6 Å². The first-order valence-electron chi connectivity index (χ1n) is 6.49. The molecule has 2 rings (SSSR count). The van der Waals surface area contributed by atoms with Crippen LogP contribution in [0.4, 0.5) is 0 Å². The molecule has 1 saturated heterocycles. The lowest BCUT2D eigenvalue weighted by Crippen LogP contribution is -2.40. The molecule has 1 aliphatic heterocycles. The second-order valence-corrected chi connectivity index (χ2v) is 5.44. The summed E-state index contributed by atoms with van der Waals surface area (Å²) >= 11 is 0. The highest BCUT2D eigenvalue weighted by molar-refractivity contribution is 5.80. The standard InChI is InChI=1S/C13H23NO/c1-3-10-6-5-7-13(8-10)9-12(15)14-11(13)4-2/h10-11H,3-9H2,1-2H3,(H,14,15). The Morgan fingerprint density at radius 1 is 1.40 bits per heavy atom. The lowest BCUT2D eigenvalue weighted by atomic mass is 9.64. The molecule has 0 aromatic rings. The molecule has 0 bridgehead atoms. The van der Waals surface area contributed by atoms with Crippen LogP contribution < -0.4 is 5.32 Å². The van der Waals surface area contributed by atoms with Crippen LogP contribution in [0.15, 0.2) is 0 Å². The topological polar surface area (TPSA) is 29.1 Å². The number of hydrogen-bond donors (Lipinski definition) is 1. The van der Waals surface area contributed by atoms with E-state index in [1.54, 1.807) is 0 Å². The molecule has 1 amide bonds. The smallest absolute Gasteiger partial charge is 0.220 e. The van der Waals surface area contributed by atoms with Crippen molar-refractivity contribution in [3.8, 4) is 0 Å². The molecule has 86 valence electrons. The monoisotopic (exact) mass is 209 g/mol. The molecule has 3 unspecified atom stereocenters. The van der Waals surface area contributed by atoms with Crippen LogP contribution in [0.2, 0.25) is 0 Å². The second kappa shape index (κ2) is 4.15. The zero-order chi connectivity index (χ0) is 10.9. The van der Waals surface area contributed by atoms with E-state index < -0.39 is 0 Å². The van der Waals surface area contributed by atoms with Crippen molar-refractivity contribution >= 4 is 5.91 Å². The fourth-order valence-electron chi connectivity index (χ4n) is 3.72. The molecule has 3 atom stereocenters. The molecule has 2 heteroatoms. The molecule has 2 aliphatic rings. The molecule has 2 nitrogen and oxygen atoms in total. The van der Waals surface area contributed by atoms with E-state index >= 15 is 0 Å². The summed E-state index contributed by atoms with van der Waals surface area (Å²) in [5.74, 6) is 1.15. The van der Waals surface area contributed by atoms with Crippen molar-refractivity contribution in [1.29, 1.82) is 0 Å². The Hall–Kier alpha value is -0.530. The Kier molecular flexibility index (Phi) is 3.03. The van der Waals surface area contributed by atoms with Crippen LogP contribution in [0.5, 0.6) is 0 Å². The van der Waals surface area contributed by atoms with Gasteiger partial charge in [0.1, 0.15) is 0 Å². The molecule has 1 N–H and O–H groups in total. The average molecular weight is 209 g/mol. The zero-order valence-electron chi connectivity index (χ0n) is 10.0. The van der Waals surface area contributed by atoms with Gasteiger partial charge in [0.25, 0.3) is 0 Å². The first kappa shape index (κ1) is 11.0. The van der Waals surface area contributed by atoms with Gasteiger partial charge in [0.15, 0.2) is 0 Å². The van der Waals surface area contributed by atoms with Gasteiger partial charge in [0.2, 0.25) is 5.91 Å². The van der Waals surface area contributed by atoms with Gasteiger partial charge in [-0.2, -0.15) is 0 Å². The maximum Gasteiger partial charge on any atom is 0.220 e. The molecule has 0 aromatic heterocycles. The van der Waals surface area contributed by atoms with Gasteiger partial charge in [0.05, 0.1) is 0 Å². The number of carbonyl (C=O) groups excluding carboxylic acids is 1. The van der Waals surface area contributed by atoms with E-state index in [2.05, 4.69) is 19.2 Å². The van der Waals surface area contributed by atoms with Crippen molar-refractivity contribution in [1.82, 2.24) is 5.32 Å². The van der Waals surface area contributed by atoms with Crippen LogP contribution in [0.3, 0.4) is 0 Å². The number of nitrogens with one attached hydrogen (secondary N) is 1. The largest absolute Gasteiger partial charge is 0.353 e. The Labute approximate surface area is 92.8 Å². The first-order valence-corrected chi connectivity index (χ1v) is 6.49. The number of amides is 1.